The summed E-state index contributed by atoms with van der Waals surface area (Å²) in [5.74, 6) is -0.290. The second-order valence-corrected chi connectivity index (χ2v) is 5.50. The number of hydrogen-bond acceptors (Lipinski definition) is 5. The molecule has 0 spiro atoms. The SMILES string of the molecule is CC(C)(C(=O)O)n1ccc(NC(=O)c2cccc3c2OCO3)n1. The molecule has 2 heterocycles. The van der Waals surface area contributed by atoms with Crippen LogP contribution >= 0.6 is 0 Å². The van der Waals surface area contributed by atoms with E-state index < -0.39 is 17.4 Å². The topological polar surface area (TPSA) is 103 Å². The Hall–Kier alpha value is -3.03. The molecular formula is C15H15N3O5. The van der Waals surface area contributed by atoms with Gasteiger partial charge in [0.05, 0.1) is 5.56 Å². The first-order chi connectivity index (χ1) is 10.9. The average molecular weight is 317 g/mol. The Balaban J connectivity index is 1.81. The number of nitrogens with one attached hydrogen (secondary N) is 1. The lowest BCUT2D eigenvalue weighted by molar-refractivity contribution is -0.146. The van der Waals surface area contributed by atoms with Crippen molar-refractivity contribution in [3.8, 4) is 11.5 Å². The van der Waals surface area contributed by atoms with E-state index in [2.05, 4.69) is 10.4 Å². The van der Waals surface area contributed by atoms with Crippen molar-refractivity contribution in [1.82, 2.24) is 9.78 Å². The highest BCUT2D eigenvalue weighted by Crippen LogP contribution is 2.35. The number of carboxylic acid groups (broad SMARTS) is 1. The smallest absolute Gasteiger partial charge is 0.331 e. The first-order valence-corrected chi connectivity index (χ1v) is 6.89. The molecule has 1 aliphatic rings. The van der Waals surface area contributed by atoms with Crippen molar-refractivity contribution < 1.29 is 24.2 Å². The van der Waals surface area contributed by atoms with Gasteiger partial charge in [-0.15, -0.1) is 0 Å². The van der Waals surface area contributed by atoms with Crippen molar-refractivity contribution in [3.05, 3.63) is 36.0 Å². The molecule has 1 aliphatic heterocycles. The summed E-state index contributed by atoms with van der Waals surface area (Å²) in [5.41, 5.74) is -0.888. The van der Waals surface area contributed by atoms with Gasteiger partial charge in [0.1, 0.15) is 0 Å². The third-order valence-electron chi connectivity index (χ3n) is 3.57. The predicted octanol–water partition coefficient (Wildman–Crippen LogP) is 1.68. The Morgan fingerprint density at radius 1 is 1.30 bits per heavy atom. The molecule has 2 aromatic rings. The standard InChI is InChI=1S/C15H15N3O5/c1-15(2,14(20)21)18-7-6-11(17-18)16-13(19)9-4-3-5-10-12(9)23-8-22-10/h3-7H,8H2,1-2H3,(H,20,21)(H,16,17,19). The molecule has 0 bridgehead atoms. The van der Waals surface area contributed by atoms with E-state index in [0.29, 0.717) is 17.1 Å². The minimum Gasteiger partial charge on any atom is -0.479 e. The number of benzene rings is 1. The number of fused-ring (bicyclic) bond motifs is 1. The van der Waals surface area contributed by atoms with E-state index in [4.69, 9.17) is 9.47 Å². The maximum absolute atomic E-state index is 12.4. The molecule has 0 radical (unpaired) electrons. The van der Waals surface area contributed by atoms with E-state index in [9.17, 15) is 14.7 Å². The zero-order valence-electron chi connectivity index (χ0n) is 12.6. The third kappa shape index (κ3) is 2.59. The normalized spacial score (nSPS) is 13.0. The maximum atomic E-state index is 12.4. The summed E-state index contributed by atoms with van der Waals surface area (Å²) in [6.45, 7) is 3.10. The van der Waals surface area contributed by atoms with Crippen LogP contribution in [-0.2, 0) is 10.3 Å². The summed E-state index contributed by atoms with van der Waals surface area (Å²) in [6.07, 6.45) is 1.50. The van der Waals surface area contributed by atoms with Gasteiger partial charge < -0.3 is 19.9 Å². The molecule has 2 N–H and O–H groups in total. The van der Waals surface area contributed by atoms with E-state index in [1.807, 2.05) is 0 Å². The van der Waals surface area contributed by atoms with E-state index in [-0.39, 0.29) is 12.6 Å². The van der Waals surface area contributed by atoms with Gasteiger partial charge in [-0.25, -0.2) is 4.79 Å². The van der Waals surface area contributed by atoms with Crippen LogP contribution in [0.5, 0.6) is 11.5 Å². The number of anilines is 1. The highest BCUT2D eigenvalue weighted by atomic mass is 16.7. The monoisotopic (exact) mass is 317 g/mol. The highest BCUT2D eigenvalue weighted by Gasteiger charge is 2.30. The van der Waals surface area contributed by atoms with Crippen LogP contribution in [0.4, 0.5) is 5.82 Å². The molecule has 8 heteroatoms. The summed E-state index contributed by atoms with van der Waals surface area (Å²) in [6, 6.07) is 6.54. The number of para-hydroxylation sites is 1. The first kappa shape index (κ1) is 14.9. The summed E-state index contributed by atoms with van der Waals surface area (Å²) >= 11 is 0. The number of hydrogen-bond donors (Lipinski definition) is 2. The van der Waals surface area contributed by atoms with Gasteiger partial charge >= 0.3 is 5.97 Å². The molecule has 120 valence electrons. The summed E-state index contributed by atoms with van der Waals surface area (Å²) in [5, 5.41) is 15.9. The predicted molar refractivity (Wildman–Crippen MR) is 79.7 cm³/mol. The van der Waals surface area contributed by atoms with Crippen molar-refractivity contribution in [1.29, 1.82) is 0 Å². The molecule has 3 rings (SSSR count). The van der Waals surface area contributed by atoms with Crippen LogP contribution in [0.3, 0.4) is 0 Å². The minimum atomic E-state index is -1.21. The molecule has 0 saturated carbocycles. The molecule has 0 atom stereocenters. The van der Waals surface area contributed by atoms with Crippen molar-refractivity contribution >= 4 is 17.7 Å². The Bertz CT molecular complexity index is 781. The third-order valence-corrected chi connectivity index (χ3v) is 3.57. The second-order valence-electron chi connectivity index (χ2n) is 5.50. The number of carboxylic acids is 1. The van der Waals surface area contributed by atoms with Gasteiger partial charge in [-0.3, -0.25) is 9.48 Å². The number of aromatic nitrogens is 2. The molecule has 0 aliphatic carbocycles. The maximum Gasteiger partial charge on any atom is 0.331 e. The summed E-state index contributed by atoms with van der Waals surface area (Å²) in [4.78, 5) is 23.6. The second kappa shape index (κ2) is 5.31. The molecule has 0 fully saturated rings. The zero-order valence-corrected chi connectivity index (χ0v) is 12.6. The number of aliphatic carboxylic acids is 1. The molecule has 1 aromatic carbocycles. The highest BCUT2D eigenvalue weighted by molar-refractivity contribution is 6.06. The minimum absolute atomic E-state index is 0.0705. The van der Waals surface area contributed by atoms with E-state index in [0.717, 1.165) is 0 Å². The lowest BCUT2D eigenvalue weighted by Crippen LogP contribution is -2.36. The number of rotatable bonds is 4. The van der Waals surface area contributed by atoms with Gasteiger partial charge in [0.15, 0.2) is 22.9 Å². The molecule has 23 heavy (non-hydrogen) atoms. The van der Waals surface area contributed by atoms with Crippen molar-refractivity contribution in [2.45, 2.75) is 19.4 Å². The molecule has 8 nitrogen and oxygen atoms in total. The van der Waals surface area contributed by atoms with Crippen LogP contribution in [0.25, 0.3) is 0 Å². The van der Waals surface area contributed by atoms with Crippen molar-refractivity contribution in [2.75, 3.05) is 12.1 Å². The lowest BCUT2D eigenvalue weighted by Gasteiger charge is -2.19. The fourth-order valence-electron chi connectivity index (χ4n) is 2.09. The largest absolute Gasteiger partial charge is 0.479 e. The molecule has 1 aromatic heterocycles. The van der Waals surface area contributed by atoms with Crippen LogP contribution in [0.2, 0.25) is 0 Å². The van der Waals surface area contributed by atoms with Crippen LogP contribution in [-0.4, -0.2) is 33.6 Å². The van der Waals surface area contributed by atoms with E-state index >= 15 is 0 Å². The van der Waals surface area contributed by atoms with Gasteiger partial charge in [0, 0.05) is 12.3 Å². The van der Waals surface area contributed by atoms with Crippen LogP contribution in [0.15, 0.2) is 30.5 Å². The first-order valence-electron chi connectivity index (χ1n) is 6.89. The number of carbonyl (C=O) groups is 2. The fourth-order valence-corrected chi connectivity index (χ4v) is 2.09. The number of amides is 1. The Kier molecular flexibility index (Phi) is 3.44. The zero-order chi connectivity index (χ0) is 16.6. The molecule has 0 unspecified atom stereocenters. The van der Waals surface area contributed by atoms with Crippen LogP contribution in [0.1, 0.15) is 24.2 Å². The molecular weight excluding hydrogens is 302 g/mol. The van der Waals surface area contributed by atoms with E-state index in [1.54, 1.807) is 18.2 Å². The van der Waals surface area contributed by atoms with Gasteiger partial charge in [-0.1, -0.05) is 6.07 Å². The Labute approximate surface area is 131 Å². The number of carbonyl (C=O) groups excluding carboxylic acids is 1. The van der Waals surface area contributed by atoms with Gasteiger partial charge in [0.2, 0.25) is 6.79 Å². The number of nitrogens with zero attached hydrogens (tertiary/aromatic N) is 2. The van der Waals surface area contributed by atoms with Crippen molar-refractivity contribution in [2.24, 2.45) is 0 Å². The summed E-state index contributed by atoms with van der Waals surface area (Å²) in [7, 11) is 0. The van der Waals surface area contributed by atoms with Gasteiger partial charge in [0.25, 0.3) is 5.91 Å². The van der Waals surface area contributed by atoms with Gasteiger partial charge in [-0.2, -0.15) is 5.10 Å². The fraction of sp³-hybridized carbons (Fsp3) is 0.267. The molecule has 0 saturated heterocycles. The average Bonchev–Trinajstić information content (AvgIpc) is 3.15. The lowest BCUT2D eigenvalue weighted by atomic mass is 10.1. The van der Waals surface area contributed by atoms with Gasteiger partial charge in [-0.05, 0) is 26.0 Å². The Morgan fingerprint density at radius 2 is 2.09 bits per heavy atom. The molecule has 1 amide bonds. The number of ether oxygens (including phenoxy) is 2. The Morgan fingerprint density at radius 3 is 2.83 bits per heavy atom. The van der Waals surface area contributed by atoms with Crippen LogP contribution < -0.4 is 14.8 Å². The summed E-state index contributed by atoms with van der Waals surface area (Å²) < 4.78 is 11.8. The van der Waals surface area contributed by atoms with Crippen molar-refractivity contribution in [3.63, 3.8) is 0 Å². The van der Waals surface area contributed by atoms with Crippen LogP contribution in [0, 0.1) is 0 Å². The quantitative estimate of drug-likeness (QED) is 0.889. The van der Waals surface area contributed by atoms with E-state index in [1.165, 1.54) is 30.8 Å².